The fourth-order valence-electron chi connectivity index (χ4n) is 2.21. The van der Waals surface area contributed by atoms with Gasteiger partial charge in [-0.1, -0.05) is 58.4 Å². The number of anilines is 1. The highest BCUT2D eigenvalue weighted by Gasteiger charge is 2.02. The normalized spacial score (nSPS) is 10.9. The van der Waals surface area contributed by atoms with Crippen LogP contribution in [0.15, 0.2) is 77.5 Å². The maximum absolute atomic E-state index is 12.0. The Kier molecular flexibility index (Phi) is 5.23. The number of amides is 1. The van der Waals surface area contributed by atoms with Gasteiger partial charge in [0, 0.05) is 16.7 Å². The third kappa shape index (κ3) is 4.67. The number of nitrogens with one attached hydrogen (secondary N) is 1. The second-order valence-corrected chi connectivity index (χ2v) is 6.20. The lowest BCUT2D eigenvalue weighted by atomic mass is 10.2. The topological polar surface area (TPSA) is 46.9 Å². The minimum Gasteiger partial charge on any atom is -0.320 e. The SMILES string of the molecule is O=C(/C=C/c1ccccc1)Nc1cnn(Cc2ccc(Br)cc2)c1. The number of hydrogen-bond acceptors (Lipinski definition) is 2. The van der Waals surface area contributed by atoms with Crippen molar-refractivity contribution in [3.8, 4) is 0 Å². The van der Waals surface area contributed by atoms with Gasteiger partial charge < -0.3 is 5.32 Å². The van der Waals surface area contributed by atoms with Crippen LogP contribution in [0.3, 0.4) is 0 Å². The molecular weight excluding hydrogens is 366 g/mol. The molecule has 24 heavy (non-hydrogen) atoms. The van der Waals surface area contributed by atoms with Crippen LogP contribution >= 0.6 is 15.9 Å². The molecule has 0 spiro atoms. The molecule has 0 fully saturated rings. The van der Waals surface area contributed by atoms with Crippen LogP contribution in [-0.4, -0.2) is 15.7 Å². The van der Waals surface area contributed by atoms with Crippen LogP contribution in [0.25, 0.3) is 6.08 Å². The Labute approximate surface area is 149 Å². The minimum atomic E-state index is -0.179. The van der Waals surface area contributed by atoms with Crippen LogP contribution in [0, 0.1) is 0 Å². The summed E-state index contributed by atoms with van der Waals surface area (Å²) in [7, 11) is 0. The summed E-state index contributed by atoms with van der Waals surface area (Å²) < 4.78 is 2.84. The predicted octanol–water partition coefficient (Wildman–Crippen LogP) is 4.35. The maximum atomic E-state index is 12.0. The van der Waals surface area contributed by atoms with Crippen LogP contribution in [0.1, 0.15) is 11.1 Å². The van der Waals surface area contributed by atoms with E-state index in [1.807, 2.05) is 60.8 Å². The van der Waals surface area contributed by atoms with E-state index in [2.05, 4.69) is 26.3 Å². The summed E-state index contributed by atoms with van der Waals surface area (Å²) >= 11 is 3.42. The lowest BCUT2D eigenvalue weighted by Crippen LogP contribution is -2.07. The van der Waals surface area contributed by atoms with E-state index in [1.54, 1.807) is 17.0 Å². The Bertz CT molecular complexity index is 839. The number of carbonyl (C=O) groups is 1. The molecule has 0 aliphatic rings. The average molecular weight is 382 g/mol. The van der Waals surface area contributed by atoms with Gasteiger partial charge >= 0.3 is 0 Å². The van der Waals surface area contributed by atoms with Gasteiger partial charge in [0.05, 0.1) is 18.4 Å². The van der Waals surface area contributed by atoms with E-state index in [9.17, 15) is 4.79 Å². The van der Waals surface area contributed by atoms with E-state index < -0.39 is 0 Å². The number of rotatable bonds is 5. The average Bonchev–Trinajstić information content (AvgIpc) is 3.03. The molecule has 0 aliphatic carbocycles. The molecule has 0 radical (unpaired) electrons. The molecule has 1 aromatic heterocycles. The Morgan fingerprint density at radius 2 is 1.88 bits per heavy atom. The molecule has 1 heterocycles. The molecular formula is C19H16BrN3O. The first-order chi connectivity index (χ1) is 11.7. The second-order valence-electron chi connectivity index (χ2n) is 5.29. The summed E-state index contributed by atoms with van der Waals surface area (Å²) in [5, 5.41) is 7.08. The van der Waals surface area contributed by atoms with Crippen molar-refractivity contribution in [2.45, 2.75) is 6.54 Å². The number of halogens is 1. The Morgan fingerprint density at radius 1 is 1.12 bits per heavy atom. The molecule has 3 aromatic rings. The van der Waals surface area contributed by atoms with E-state index in [0.29, 0.717) is 12.2 Å². The highest BCUT2D eigenvalue weighted by molar-refractivity contribution is 9.10. The zero-order valence-electron chi connectivity index (χ0n) is 12.9. The van der Waals surface area contributed by atoms with E-state index >= 15 is 0 Å². The van der Waals surface area contributed by atoms with Gasteiger partial charge in [-0.25, -0.2) is 0 Å². The lowest BCUT2D eigenvalue weighted by molar-refractivity contribution is -0.111. The standard InChI is InChI=1S/C19H16BrN3O/c20-17-9-6-16(7-10-17)13-23-14-18(12-21-23)22-19(24)11-8-15-4-2-1-3-5-15/h1-12,14H,13H2,(H,22,24)/b11-8+. The Balaban J connectivity index is 1.58. The third-order valence-electron chi connectivity index (χ3n) is 3.39. The molecule has 0 bridgehead atoms. The van der Waals surface area contributed by atoms with Crippen molar-refractivity contribution in [2.24, 2.45) is 0 Å². The smallest absolute Gasteiger partial charge is 0.248 e. The molecule has 0 aliphatic heterocycles. The maximum Gasteiger partial charge on any atom is 0.248 e. The Hall–Kier alpha value is -2.66. The van der Waals surface area contributed by atoms with E-state index in [0.717, 1.165) is 15.6 Å². The fraction of sp³-hybridized carbons (Fsp3) is 0.0526. The molecule has 0 saturated heterocycles. The molecule has 4 nitrogen and oxygen atoms in total. The summed E-state index contributed by atoms with van der Waals surface area (Å²) in [5.74, 6) is -0.179. The first kappa shape index (κ1) is 16.2. The number of aromatic nitrogens is 2. The summed E-state index contributed by atoms with van der Waals surface area (Å²) in [5.41, 5.74) is 2.80. The third-order valence-corrected chi connectivity index (χ3v) is 3.91. The van der Waals surface area contributed by atoms with Gasteiger partial charge in [0.1, 0.15) is 0 Å². The first-order valence-corrected chi connectivity index (χ1v) is 8.29. The predicted molar refractivity (Wildman–Crippen MR) is 99.6 cm³/mol. The molecule has 0 saturated carbocycles. The first-order valence-electron chi connectivity index (χ1n) is 7.50. The highest BCUT2D eigenvalue weighted by Crippen LogP contribution is 2.13. The number of hydrogen-bond donors (Lipinski definition) is 1. The number of benzene rings is 2. The van der Waals surface area contributed by atoms with Crippen molar-refractivity contribution in [3.63, 3.8) is 0 Å². The van der Waals surface area contributed by atoms with Crippen LogP contribution < -0.4 is 5.32 Å². The number of carbonyl (C=O) groups excluding carboxylic acids is 1. The van der Waals surface area contributed by atoms with Crippen LogP contribution in [0.4, 0.5) is 5.69 Å². The van der Waals surface area contributed by atoms with Gasteiger partial charge in [-0.3, -0.25) is 9.48 Å². The minimum absolute atomic E-state index is 0.179. The fourth-order valence-corrected chi connectivity index (χ4v) is 2.48. The summed E-state index contributed by atoms with van der Waals surface area (Å²) in [6, 6.07) is 17.8. The zero-order valence-corrected chi connectivity index (χ0v) is 14.5. The monoisotopic (exact) mass is 381 g/mol. The van der Waals surface area contributed by atoms with Gasteiger partial charge in [-0.2, -0.15) is 5.10 Å². The molecule has 1 amide bonds. The molecule has 2 aromatic carbocycles. The van der Waals surface area contributed by atoms with E-state index in [1.165, 1.54) is 6.08 Å². The van der Waals surface area contributed by atoms with Gasteiger partial charge in [-0.15, -0.1) is 0 Å². The van der Waals surface area contributed by atoms with Crippen molar-refractivity contribution in [2.75, 3.05) is 5.32 Å². The van der Waals surface area contributed by atoms with Crippen molar-refractivity contribution in [1.82, 2.24) is 9.78 Å². The zero-order chi connectivity index (χ0) is 16.8. The number of nitrogens with zero attached hydrogens (tertiary/aromatic N) is 2. The van der Waals surface area contributed by atoms with Gasteiger partial charge in [0.25, 0.3) is 0 Å². The quantitative estimate of drug-likeness (QED) is 0.667. The molecule has 5 heteroatoms. The summed E-state index contributed by atoms with van der Waals surface area (Å²) in [6.45, 7) is 0.656. The van der Waals surface area contributed by atoms with Crippen molar-refractivity contribution >= 4 is 33.6 Å². The highest BCUT2D eigenvalue weighted by atomic mass is 79.9. The largest absolute Gasteiger partial charge is 0.320 e. The van der Waals surface area contributed by atoms with E-state index in [4.69, 9.17) is 0 Å². The van der Waals surface area contributed by atoms with Crippen LogP contribution in [0.2, 0.25) is 0 Å². The van der Waals surface area contributed by atoms with E-state index in [-0.39, 0.29) is 5.91 Å². The molecule has 120 valence electrons. The van der Waals surface area contributed by atoms with Crippen LogP contribution in [0.5, 0.6) is 0 Å². The molecule has 0 atom stereocenters. The summed E-state index contributed by atoms with van der Waals surface area (Å²) in [6.07, 6.45) is 6.76. The Morgan fingerprint density at radius 3 is 2.62 bits per heavy atom. The molecule has 0 unspecified atom stereocenters. The molecule has 3 rings (SSSR count). The van der Waals surface area contributed by atoms with Crippen molar-refractivity contribution in [1.29, 1.82) is 0 Å². The van der Waals surface area contributed by atoms with Gasteiger partial charge in [0.15, 0.2) is 0 Å². The van der Waals surface area contributed by atoms with Gasteiger partial charge in [-0.05, 0) is 29.3 Å². The second kappa shape index (κ2) is 7.75. The molecule has 1 N–H and O–H groups in total. The van der Waals surface area contributed by atoms with Crippen molar-refractivity contribution < 1.29 is 4.79 Å². The van der Waals surface area contributed by atoms with Crippen LogP contribution in [-0.2, 0) is 11.3 Å². The summed E-state index contributed by atoms with van der Waals surface area (Å²) in [4.78, 5) is 12.0. The van der Waals surface area contributed by atoms with Gasteiger partial charge in [0.2, 0.25) is 5.91 Å². The van der Waals surface area contributed by atoms with Crippen molar-refractivity contribution in [3.05, 3.63) is 88.7 Å². The lowest BCUT2D eigenvalue weighted by Gasteiger charge is -2.02.